The lowest BCUT2D eigenvalue weighted by Gasteiger charge is -2.21. The third-order valence-corrected chi connectivity index (χ3v) is 6.00. The lowest BCUT2D eigenvalue weighted by molar-refractivity contribution is -0.385. The first-order valence-electron chi connectivity index (χ1n) is 11.2. The van der Waals surface area contributed by atoms with Crippen LogP contribution >= 0.6 is 0 Å². The van der Waals surface area contributed by atoms with Crippen molar-refractivity contribution in [3.63, 3.8) is 0 Å². The van der Waals surface area contributed by atoms with Crippen LogP contribution in [-0.2, 0) is 19.6 Å². The summed E-state index contributed by atoms with van der Waals surface area (Å²) < 4.78 is 11.4. The van der Waals surface area contributed by atoms with Crippen molar-refractivity contribution in [1.29, 1.82) is 0 Å². The van der Waals surface area contributed by atoms with Gasteiger partial charge in [0.2, 0.25) is 0 Å². The number of fused-ring (bicyclic) bond motifs is 1. The van der Waals surface area contributed by atoms with Crippen molar-refractivity contribution in [2.75, 3.05) is 30.9 Å². The summed E-state index contributed by atoms with van der Waals surface area (Å²) in [5, 5.41) is 23.7. The summed E-state index contributed by atoms with van der Waals surface area (Å²) in [5.74, 6) is 0.597. The van der Waals surface area contributed by atoms with Gasteiger partial charge >= 0.3 is 0 Å². The number of aliphatic hydroxyl groups is 1. The Kier molecular flexibility index (Phi) is 6.88. The monoisotopic (exact) mass is 477 g/mol. The van der Waals surface area contributed by atoms with E-state index < -0.39 is 4.92 Å². The summed E-state index contributed by atoms with van der Waals surface area (Å²) in [7, 11) is 3.21. The van der Waals surface area contributed by atoms with Gasteiger partial charge in [0.15, 0.2) is 11.5 Å². The number of anilines is 2. The first-order valence-corrected chi connectivity index (χ1v) is 11.2. The van der Waals surface area contributed by atoms with Gasteiger partial charge < -0.3 is 24.8 Å². The van der Waals surface area contributed by atoms with Crippen molar-refractivity contribution in [2.24, 2.45) is 0 Å². The number of amides is 1. The number of aryl methyl sites for hydroxylation is 1. The fourth-order valence-electron chi connectivity index (χ4n) is 4.29. The van der Waals surface area contributed by atoms with Crippen LogP contribution in [0.25, 0.3) is 0 Å². The molecule has 0 aliphatic carbocycles. The summed E-state index contributed by atoms with van der Waals surface area (Å²) in [6.45, 7) is 2.32. The van der Waals surface area contributed by atoms with E-state index in [0.29, 0.717) is 40.4 Å². The third-order valence-electron chi connectivity index (χ3n) is 6.00. The number of non-ortho nitro benzene ring substituents is 1. The molecule has 1 aliphatic rings. The topological polar surface area (TPSA) is 114 Å². The lowest BCUT2D eigenvalue weighted by atomic mass is 10.1. The number of aliphatic hydroxyl groups excluding tert-OH is 1. The number of carbonyl (C=O) groups is 1. The number of hydrogen-bond acceptors (Lipinski definition) is 7. The Hall–Kier alpha value is -4.11. The molecule has 0 aromatic heterocycles. The minimum absolute atomic E-state index is 0.0142. The highest BCUT2D eigenvalue weighted by molar-refractivity contribution is 6.11. The summed E-state index contributed by atoms with van der Waals surface area (Å²) >= 11 is 0. The number of benzene rings is 3. The second-order valence-electron chi connectivity index (χ2n) is 8.35. The summed E-state index contributed by atoms with van der Waals surface area (Å²) in [4.78, 5) is 26.0. The van der Waals surface area contributed by atoms with Gasteiger partial charge in [-0.3, -0.25) is 14.9 Å². The van der Waals surface area contributed by atoms with Crippen LogP contribution in [0, 0.1) is 17.0 Å². The third kappa shape index (κ3) is 4.90. The van der Waals surface area contributed by atoms with Crippen LogP contribution in [0.15, 0.2) is 48.5 Å². The zero-order chi connectivity index (χ0) is 25.1. The molecule has 0 spiro atoms. The molecule has 0 bridgehead atoms. The van der Waals surface area contributed by atoms with Crippen molar-refractivity contribution in [3.8, 4) is 11.5 Å². The molecule has 35 heavy (non-hydrogen) atoms. The Morgan fingerprint density at radius 1 is 1.14 bits per heavy atom. The molecule has 0 fully saturated rings. The van der Waals surface area contributed by atoms with Gasteiger partial charge in [-0.25, -0.2) is 0 Å². The van der Waals surface area contributed by atoms with Crippen LogP contribution < -0.4 is 19.7 Å². The van der Waals surface area contributed by atoms with E-state index in [1.165, 1.54) is 19.2 Å². The van der Waals surface area contributed by atoms with Crippen LogP contribution in [0.1, 0.15) is 32.6 Å². The van der Waals surface area contributed by atoms with Crippen LogP contribution in [-0.4, -0.2) is 36.6 Å². The zero-order valence-electron chi connectivity index (χ0n) is 19.8. The Morgan fingerprint density at radius 3 is 2.60 bits per heavy atom. The minimum Gasteiger partial charge on any atom is -0.493 e. The van der Waals surface area contributed by atoms with Gasteiger partial charge in [0.1, 0.15) is 6.61 Å². The molecule has 3 aromatic rings. The second kappa shape index (κ2) is 10.0. The molecule has 1 amide bonds. The van der Waals surface area contributed by atoms with E-state index in [0.717, 1.165) is 23.2 Å². The van der Waals surface area contributed by atoms with E-state index >= 15 is 0 Å². The molecule has 2 N–H and O–H groups in total. The van der Waals surface area contributed by atoms with Crippen LogP contribution in [0.3, 0.4) is 0 Å². The average Bonchev–Trinajstić information content (AvgIpc) is 3.29. The number of carbonyl (C=O) groups excluding carboxylic acids is 1. The van der Waals surface area contributed by atoms with Gasteiger partial charge in [-0.2, -0.15) is 0 Å². The average molecular weight is 478 g/mol. The Morgan fingerprint density at radius 2 is 1.91 bits per heavy atom. The largest absolute Gasteiger partial charge is 0.493 e. The molecular weight excluding hydrogens is 450 g/mol. The van der Waals surface area contributed by atoms with Crippen molar-refractivity contribution in [2.45, 2.75) is 26.6 Å². The van der Waals surface area contributed by atoms with Gasteiger partial charge in [-0.05, 0) is 48.2 Å². The highest BCUT2D eigenvalue weighted by atomic mass is 16.6. The van der Waals surface area contributed by atoms with Crippen LogP contribution in [0.4, 0.5) is 17.1 Å². The Bertz CT molecular complexity index is 1290. The van der Waals surface area contributed by atoms with E-state index in [-0.39, 0.29) is 24.8 Å². The van der Waals surface area contributed by atoms with Gasteiger partial charge in [0.05, 0.1) is 29.9 Å². The molecule has 0 atom stereocenters. The number of methoxy groups -OCH3 is 1. The molecule has 3 aromatic carbocycles. The molecule has 0 radical (unpaired) electrons. The van der Waals surface area contributed by atoms with Crippen molar-refractivity contribution < 1.29 is 24.3 Å². The minimum atomic E-state index is -0.513. The van der Waals surface area contributed by atoms with Gasteiger partial charge in [-0.1, -0.05) is 17.7 Å². The second-order valence-corrected chi connectivity index (χ2v) is 8.35. The fraction of sp³-hybridized carbons (Fsp3) is 0.269. The Labute approximate surface area is 203 Å². The van der Waals surface area contributed by atoms with Crippen molar-refractivity contribution in [3.05, 3.63) is 86.5 Å². The van der Waals surface area contributed by atoms with E-state index in [1.807, 2.05) is 19.1 Å². The molecule has 9 nitrogen and oxygen atoms in total. The normalized spacial score (nSPS) is 12.3. The number of nitrogens with zero attached hydrogens (tertiary/aromatic N) is 2. The standard InChI is InChI=1S/C26H27N3O6/c1-16-4-5-23-19(8-16)6-7-28(23)26(31)21-12-24(34-3)25(13-22(21)27-2)35-15-18-9-17(14-30)10-20(11-18)29(32)33/h4-5,8-13,27,30H,6-7,14-15H2,1-3H3. The first kappa shape index (κ1) is 24.0. The van der Waals surface area contributed by atoms with Gasteiger partial charge in [0.25, 0.3) is 11.6 Å². The number of rotatable bonds is 8. The first-order chi connectivity index (χ1) is 16.8. The molecule has 0 saturated carbocycles. The number of nitro benzene ring substituents is 1. The number of nitrogens with one attached hydrogen (secondary N) is 1. The van der Waals surface area contributed by atoms with Crippen LogP contribution in [0.5, 0.6) is 11.5 Å². The van der Waals surface area contributed by atoms with Gasteiger partial charge in [-0.15, -0.1) is 0 Å². The molecule has 0 unspecified atom stereocenters. The molecule has 1 heterocycles. The highest BCUT2D eigenvalue weighted by Crippen LogP contribution is 2.37. The quantitative estimate of drug-likeness (QED) is 0.369. The van der Waals surface area contributed by atoms with E-state index in [2.05, 4.69) is 11.4 Å². The maximum absolute atomic E-state index is 13.5. The summed E-state index contributed by atoms with van der Waals surface area (Å²) in [6.07, 6.45) is 0.801. The number of hydrogen-bond donors (Lipinski definition) is 2. The van der Waals surface area contributed by atoms with E-state index in [4.69, 9.17) is 9.47 Å². The van der Waals surface area contributed by atoms with Gasteiger partial charge in [0, 0.05) is 37.5 Å². The lowest BCUT2D eigenvalue weighted by Crippen LogP contribution is -2.29. The molecule has 1 aliphatic heterocycles. The summed E-state index contributed by atoms with van der Waals surface area (Å²) in [6, 6.07) is 13.8. The van der Waals surface area contributed by atoms with Crippen molar-refractivity contribution in [1.82, 2.24) is 0 Å². The smallest absolute Gasteiger partial charge is 0.270 e. The molecule has 4 rings (SSSR count). The molecular formula is C26H27N3O6. The predicted octanol–water partition coefficient (Wildman–Crippen LogP) is 4.23. The van der Waals surface area contributed by atoms with E-state index in [9.17, 15) is 20.0 Å². The van der Waals surface area contributed by atoms with E-state index in [1.54, 1.807) is 30.1 Å². The number of ether oxygens (including phenoxy) is 2. The van der Waals surface area contributed by atoms with Crippen molar-refractivity contribution >= 4 is 23.0 Å². The maximum atomic E-state index is 13.5. The molecule has 0 saturated heterocycles. The highest BCUT2D eigenvalue weighted by Gasteiger charge is 2.28. The zero-order valence-corrected chi connectivity index (χ0v) is 19.8. The molecule has 182 valence electrons. The SMILES string of the molecule is CNc1cc(OCc2cc(CO)cc([N+](=O)[O-])c2)c(OC)cc1C(=O)N1CCc2cc(C)ccc21. The maximum Gasteiger partial charge on any atom is 0.270 e. The number of nitro groups is 1. The molecule has 9 heteroatoms. The fourth-order valence-corrected chi connectivity index (χ4v) is 4.29. The van der Waals surface area contributed by atoms with Crippen LogP contribution in [0.2, 0.25) is 0 Å². The summed E-state index contributed by atoms with van der Waals surface area (Å²) in [5.41, 5.74) is 5.06. The Balaban J connectivity index is 1.62. The predicted molar refractivity (Wildman–Crippen MR) is 132 cm³/mol.